The maximum absolute atomic E-state index is 12.5. The smallest absolute Gasteiger partial charge is 0.273 e. The number of carbonyl (C=O) groups is 1. The van der Waals surface area contributed by atoms with Crippen LogP contribution in [0.15, 0.2) is 65.4 Å². The molecule has 0 aliphatic rings. The summed E-state index contributed by atoms with van der Waals surface area (Å²) < 4.78 is 17.7. The molecule has 0 radical (unpaired) electrons. The predicted octanol–water partition coefficient (Wildman–Crippen LogP) is 4.13. The summed E-state index contributed by atoms with van der Waals surface area (Å²) in [5, 5.41) is 11.7. The SMILES string of the molecule is COc1ccc(OC)c(-c2cc(C(=O)NCc3cnn(-c4ccc(Cl)cc4)c3)no2)c1. The van der Waals surface area contributed by atoms with Crippen molar-refractivity contribution in [3.8, 4) is 28.5 Å². The average Bonchev–Trinajstić information content (AvgIpc) is 3.48. The van der Waals surface area contributed by atoms with E-state index in [4.69, 9.17) is 25.6 Å². The first-order valence-electron chi connectivity index (χ1n) is 9.34. The van der Waals surface area contributed by atoms with Crippen molar-refractivity contribution < 1.29 is 18.8 Å². The molecule has 0 fully saturated rings. The Morgan fingerprint density at radius 1 is 1.13 bits per heavy atom. The monoisotopic (exact) mass is 438 g/mol. The van der Waals surface area contributed by atoms with E-state index in [2.05, 4.69) is 15.6 Å². The number of methoxy groups -OCH3 is 2. The van der Waals surface area contributed by atoms with E-state index < -0.39 is 0 Å². The molecule has 0 saturated carbocycles. The second-order valence-electron chi connectivity index (χ2n) is 6.59. The molecule has 0 aliphatic heterocycles. The van der Waals surface area contributed by atoms with Crippen LogP contribution in [0.4, 0.5) is 0 Å². The molecule has 2 heterocycles. The summed E-state index contributed by atoms with van der Waals surface area (Å²) in [5.41, 5.74) is 2.50. The Morgan fingerprint density at radius 3 is 2.68 bits per heavy atom. The zero-order chi connectivity index (χ0) is 21.8. The van der Waals surface area contributed by atoms with E-state index in [9.17, 15) is 4.79 Å². The summed E-state index contributed by atoms with van der Waals surface area (Å²) >= 11 is 5.92. The van der Waals surface area contributed by atoms with Crippen LogP contribution >= 0.6 is 11.6 Å². The fourth-order valence-corrected chi connectivity index (χ4v) is 3.10. The first-order chi connectivity index (χ1) is 15.1. The van der Waals surface area contributed by atoms with Gasteiger partial charge in [0, 0.05) is 29.4 Å². The fraction of sp³-hybridized carbons (Fsp3) is 0.136. The Labute approximate surface area is 183 Å². The maximum atomic E-state index is 12.5. The zero-order valence-electron chi connectivity index (χ0n) is 16.8. The number of nitrogens with zero attached hydrogens (tertiary/aromatic N) is 3. The molecule has 8 nitrogen and oxygen atoms in total. The number of carbonyl (C=O) groups excluding carboxylic acids is 1. The van der Waals surface area contributed by atoms with Gasteiger partial charge in [0.2, 0.25) is 0 Å². The lowest BCUT2D eigenvalue weighted by Gasteiger charge is -2.07. The Balaban J connectivity index is 1.44. The van der Waals surface area contributed by atoms with Crippen LogP contribution in [0.2, 0.25) is 5.02 Å². The molecule has 4 aromatic rings. The van der Waals surface area contributed by atoms with E-state index in [0.29, 0.717) is 27.8 Å². The van der Waals surface area contributed by atoms with Gasteiger partial charge in [-0.3, -0.25) is 4.79 Å². The average molecular weight is 439 g/mol. The number of ether oxygens (including phenoxy) is 2. The van der Waals surface area contributed by atoms with Gasteiger partial charge in [-0.05, 0) is 42.5 Å². The third kappa shape index (κ3) is 4.54. The normalized spacial score (nSPS) is 10.7. The number of hydrogen-bond donors (Lipinski definition) is 1. The fourth-order valence-electron chi connectivity index (χ4n) is 2.98. The molecule has 0 aliphatic carbocycles. The molecule has 0 unspecified atom stereocenters. The molecule has 31 heavy (non-hydrogen) atoms. The number of halogens is 1. The van der Waals surface area contributed by atoms with E-state index in [1.165, 1.54) is 0 Å². The van der Waals surface area contributed by atoms with Crippen LogP contribution in [0.1, 0.15) is 16.1 Å². The van der Waals surface area contributed by atoms with Crippen LogP contribution in [-0.4, -0.2) is 35.1 Å². The molecule has 158 valence electrons. The summed E-state index contributed by atoms with van der Waals surface area (Å²) in [6, 6.07) is 14.2. The topological polar surface area (TPSA) is 91.4 Å². The summed E-state index contributed by atoms with van der Waals surface area (Å²) in [6.07, 6.45) is 3.52. The van der Waals surface area contributed by atoms with Crippen molar-refractivity contribution >= 4 is 17.5 Å². The number of nitrogens with one attached hydrogen (secondary N) is 1. The molecule has 2 aromatic heterocycles. The molecule has 0 spiro atoms. The zero-order valence-corrected chi connectivity index (χ0v) is 17.6. The van der Waals surface area contributed by atoms with Crippen LogP contribution in [0.25, 0.3) is 17.0 Å². The third-order valence-corrected chi connectivity index (χ3v) is 4.85. The number of aromatic nitrogens is 3. The van der Waals surface area contributed by atoms with Crippen LogP contribution < -0.4 is 14.8 Å². The van der Waals surface area contributed by atoms with Gasteiger partial charge in [-0.2, -0.15) is 5.10 Å². The molecular weight excluding hydrogens is 420 g/mol. The number of hydrogen-bond acceptors (Lipinski definition) is 6. The molecule has 4 rings (SSSR count). The van der Waals surface area contributed by atoms with E-state index in [1.807, 2.05) is 18.3 Å². The van der Waals surface area contributed by atoms with Gasteiger partial charge >= 0.3 is 0 Å². The second-order valence-corrected chi connectivity index (χ2v) is 7.03. The summed E-state index contributed by atoms with van der Waals surface area (Å²) in [6.45, 7) is 0.289. The van der Waals surface area contributed by atoms with Crippen molar-refractivity contribution in [3.63, 3.8) is 0 Å². The Hall–Kier alpha value is -3.78. The third-order valence-electron chi connectivity index (χ3n) is 4.60. The second kappa shape index (κ2) is 8.93. The summed E-state index contributed by atoms with van der Waals surface area (Å²) in [7, 11) is 3.12. The molecule has 2 aromatic carbocycles. The predicted molar refractivity (Wildman–Crippen MR) is 115 cm³/mol. The van der Waals surface area contributed by atoms with Crippen molar-refractivity contribution in [2.24, 2.45) is 0 Å². The highest BCUT2D eigenvalue weighted by Crippen LogP contribution is 2.33. The minimum absolute atomic E-state index is 0.157. The van der Waals surface area contributed by atoms with Gasteiger partial charge in [-0.15, -0.1) is 0 Å². The van der Waals surface area contributed by atoms with Gasteiger partial charge < -0.3 is 19.3 Å². The molecule has 1 N–H and O–H groups in total. The Bertz CT molecular complexity index is 1200. The Morgan fingerprint density at radius 2 is 1.94 bits per heavy atom. The molecule has 0 bridgehead atoms. The van der Waals surface area contributed by atoms with Crippen molar-refractivity contribution in [3.05, 3.63) is 77.2 Å². The van der Waals surface area contributed by atoms with E-state index in [0.717, 1.165) is 11.3 Å². The van der Waals surface area contributed by atoms with Gasteiger partial charge in [-0.25, -0.2) is 4.68 Å². The minimum Gasteiger partial charge on any atom is -0.497 e. The quantitative estimate of drug-likeness (QED) is 0.466. The van der Waals surface area contributed by atoms with Crippen molar-refractivity contribution in [1.29, 1.82) is 0 Å². The molecule has 1 amide bonds. The number of benzene rings is 2. The van der Waals surface area contributed by atoms with Crippen LogP contribution in [-0.2, 0) is 6.54 Å². The van der Waals surface area contributed by atoms with Gasteiger partial charge in [0.1, 0.15) is 11.5 Å². The molecular formula is C22H19ClN4O4. The lowest BCUT2D eigenvalue weighted by atomic mass is 10.1. The number of amides is 1. The van der Waals surface area contributed by atoms with Crippen LogP contribution in [0.3, 0.4) is 0 Å². The van der Waals surface area contributed by atoms with Crippen molar-refractivity contribution in [2.45, 2.75) is 6.54 Å². The van der Waals surface area contributed by atoms with Crippen molar-refractivity contribution in [1.82, 2.24) is 20.3 Å². The highest BCUT2D eigenvalue weighted by molar-refractivity contribution is 6.30. The highest BCUT2D eigenvalue weighted by atomic mass is 35.5. The van der Waals surface area contributed by atoms with Gasteiger partial charge in [-0.1, -0.05) is 16.8 Å². The summed E-state index contributed by atoms with van der Waals surface area (Å²) in [4.78, 5) is 12.5. The minimum atomic E-state index is -0.365. The molecule has 0 saturated heterocycles. The molecule has 0 atom stereocenters. The summed E-state index contributed by atoms with van der Waals surface area (Å²) in [5.74, 6) is 1.25. The first-order valence-corrected chi connectivity index (χ1v) is 9.72. The van der Waals surface area contributed by atoms with Crippen molar-refractivity contribution in [2.75, 3.05) is 14.2 Å². The van der Waals surface area contributed by atoms with E-state index >= 15 is 0 Å². The molecule has 9 heteroatoms. The lowest BCUT2D eigenvalue weighted by molar-refractivity contribution is 0.0942. The Kier molecular flexibility index (Phi) is 5.90. The largest absolute Gasteiger partial charge is 0.497 e. The van der Waals surface area contributed by atoms with Crippen LogP contribution in [0, 0.1) is 0 Å². The van der Waals surface area contributed by atoms with Gasteiger partial charge in [0.15, 0.2) is 11.5 Å². The van der Waals surface area contributed by atoms with Gasteiger partial charge in [0.25, 0.3) is 5.91 Å². The van der Waals surface area contributed by atoms with E-state index in [-0.39, 0.29) is 18.1 Å². The maximum Gasteiger partial charge on any atom is 0.273 e. The van der Waals surface area contributed by atoms with Crippen LogP contribution in [0.5, 0.6) is 11.5 Å². The van der Waals surface area contributed by atoms with E-state index in [1.54, 1.807) is 61.5 Å². The van der Waals surface area contributed by atoms with Gasteiger partial charge in [0.05, 0.1) is 31.7 Å². The lowest BCUT2D eigenvalue weighted by Crippen LogP contribution is -2.22. The standard InChI is InChI=1S/C22H19ClN4O4/c1-29-17-7-8-20(30-2)18(9-17)21-10-19(26-31-21)22(28)24-11-14-12-25-27(13-14)16-5-3-15(23)4-6-16/h3-10,12-13H,11H2,1-2H3,(H,24,28). The highest BCUT2D eigenvalue weighted by Gasteiger charge is 2.17. The number of rotatable bonds is 7. The first kappa shape index (κ1) is 20.5.